The molecule has 48 nitrogen and oxygen atoms in total. The first kappa shape index (κ1) is 111. The molecule has 0 atom stereocenters. The number of nitrogens with two attached hydrogens (primary N) is 6. The Kier molecular flexibility index (Phi) is 46.6. The first-order chi connectivity index (χ1) is 70.9. The average molecular weight is 1980 g/mol. The lowest BCUT2D eigenvalue weighted by atomic mass is 10.1. The van der Waals surface area contributed by atoms with Crippen molar-refractivity contribution in [2.24, 2.45) is 0 Å². The van der Waals surface area contributed by atoms with Crippen LogP contribution in [0.2, 0.25) is 0 Å². The molecule has 0 fully saturated rings. The summed E-state index contributed by atoms with van der Waals surface area (Å²) in [6.07, 6.45) is 5.92. The zero-order valence-corrected chi connectivity index (χ0v) is 84.6. The van der Waals surface area contributed by atoms with Gasteiger partial charge < -0.3 is 128 Å². The fraction of sp³-hybridized carbons (Fsp3) is 0.265. The van der Waals surface area contributed by atoms with E-state index in [0.29, 0.717) is 120 Å². The fourth-order valence-corrected chi connectivity index (χ4v) is 12.7. The molecular formula is C98H132N48. The molecule has 0 aliphatic heterocycles. The van der Waals surface area contributed by atoms with Crippen molar-refractivity contribution in [3.05, 3.63) is 276 Å². The molecule has 8 heterocycles. The van der Waals surface area contributed by atoms with E-state index in [4.69, 9.17) is 34.4 Å². The van der Waals surface area contributed by atoms with Gasteiger partial charge in [-0.15, -0.1) is 0 Å². The van der Waals surface area contributed by atoms with Gasteiger partial charge in [0, 0.05) is 149 Å². The molecule has 48 heteroatoms. The van der Waals surface area contributed by atoms with Gasteiger partial charge in [-0.3, -0.25) is 0 Å². The van der Waals surface area contributed by atoms with E-state index in [1.54, 1.807) is 70.5 Å². The second-order valence-electron chi connectivity index (χ2n) is 31.0. The van der Waals surface area contributed by atoms with Crippen LogP contribution < -0.4 is 128 Å². The summed E-state index contributed by atoms with van der Waals surface area (Å²) in [5.41, 5.74) is 43.2. The van der Waals surface area contributed by atoms with Crippen molar-refractivity contribution >= 4 is 154 Å². The lowest BCUT2D eigenvalue weighted by Gasteiger charge is -2.17. The van der Waals surface area contributed by atoms with Crippen LogP contribution in [-0.2, 0) is 38.8 Å². The molecule has 764 valence electrons. The minimum absolute atomic E-state index is 0.196. The van der Waals surface area contributed by atoms with E-state index >= 15 is 0 Å². The van der Waals surface area contributed by atoms with Crippen molar-refractivity contribution < 1.29 is 0 Å². The Balaban J connectivity index is 0.000000186. The molecule has 146 heavy (non-hydrogen) atoms. The first-order valence-electron chi connectivity index (χ1n) is 46.5. The molecule has 26 N–H and O–H groups in total. The number of para-hydroxylation sites is 2. The predicted molar refractivity (Wildman–Crippen MR) is 590 cm³/mol. The number of aryl methyl sites for hydroxylation is 2. The van der Waals surface area contributed by atoms with Crippen LogP contribution in [0.3, 0.4) is 0 Å². The molecule has 8 aromatic heterocycles. The van der Waals surface area contributed by atoms with Crippen molar-refractivity contribution in [2.45, 2.75) is 51.6 Å². The molecule has 0 spiro atoms. The van der Waals surface area contributed by atoms with Crippen molar-refractivity contribution in [3.63, 3.8) is 0 Å². The van der Waals surface area contributed by atoms with Crippen LogP contribution in [0.25, 0.3) is 0 Å². The molecular weight excluding hydrogens is 1850 g/mol. The smallest absolute Gasteiger partial charge is 0.236 e. The minimum Gasteiger partial charge on any atom is -0.368 e. The number of hydrogen-bond donors (Lipinski definition) is 20. The highest BCUT2D eigenvalue weighted by Crippen LogP contribution is 2.24. The van der Waals surface area contributed by atoms with E-state index in [1.165, 1.54) is 33.4 Å². The summed E-state index contributed by atoms with van der Waals surface area (Å²) >= 11 is 0. The number of nitrogen functional groups attached to an aromatic ring is 6. The van der Waals surface area contributed by atoms with Gasteiger partial charge in [-0.05, 0) is 96.2 Å². The Morgan fingerprint density at radius 3 is 0.856 bits per heavy atom. The molecule has 0 amide bonds. The number of nitrogens with one attached hydrogen (secondary N) is 14. The molecule has 0 saturated heterocycles. The minimum atomic E-state index is 0.196. The largest absolute Gasteiger partial charge is 0.368 e. The summed E-state index contributed by atoms with van der Waals surface area (Å²) in [7, 11) is 25.2. The van der Waals surface area contributed by atoms with Gasteiger partial charge in [0.15, 0.2) is 0 Å². The number of nitrogens with zero attached hydrogens (tertiary/aromatic N) is 28. The number of likely N-dealkylation sites (N-methyl/N-ethyl adjacent to an activating group) is 1. The molecule has 0 unspecified atom stereocenters. The summed E-state index contributed by atoms with van der Waals surface area (Å²) < 4.78 is 0. The highest BCUT2D eigenvalue weighted by atomic mass is 15.4. The maximum Gasteiger partial charge on any atom is 0.236 e. The molecule has 0 bridgehead atoms. The second-order valence-corrected chi connectivity index (χ2v) is 31.0. The summed E-state index contributed by atoms with van der Waals surface area (Å²) in [5, 5.41) is 41.2. The van der Waals surface area contributed by atoms with Crippen LogP contribution in [0.5, 0.6) is 0 Å². The van der Waals surface area contributed by atoms with Gasteiger partial charge in [-0.2, -0.15) is 120 Å². The van der Waals surface area contributed by atoms with E-state index in [0.717, 1.165) is 76.1 Å². The molecule has 0 aliphatic carbocycles. The van der Waals surface area contributed by atoms with Gasteiger partial charge in [0.25, 0.3) is 0 Å². The maximum absolute atomic E-state index is 5.66. The van der Waals surface area contributed by atoms with Gasteiger partial charge in [-0.25, -0.2) is 0 Å². The highest BCUT2D eigenvalue weighted by Gasteiger charge is 2.16. The van der Waals surface area contributed by atoms with Gasteiger partial charge in [0.1, 0.15) is 0 Å². The van der Waals surface area contributed by atoms with Crippen LogP contribution in [0.4, 0.5) is 154 Å². The van der Waals surface area contributed by atoms with E-state index in [2.05, 4.69) is 279 Å². The lowest BCUT2D eigenvalue weighted by Crippen LogP contribution is -2.23. The Morgan fingerprint density at radius 2 is 0.473 bits per heavy atom. The zero-order chi connectivity index (χ0) is 104. The third-order valence-electron chi connectivity index (χ3n) is 20.1. The van der Waals surface area contributed by atoms with Crippen LogP contribution in [0.1, 0.15) is 46.2 Å². The number of rotatable bonds is 38. The highest BCUT2D eigenvalue weighted by molar-refractivity contribution is 5.59. The molecule has 0 saturated carbocycles. The Hall–Kier alpha value is -19.0. The van der Waals surface area contributed by atoms with Crippen LogP contribution in [0, 0.1) is 0 Å². The first-order valence-corrected chi connectivity index (χ1v) is 46.5. The van der Waals surface area contributed by atoms with E-state index in [9.17, 15) is 0 Å². The number of aromatic nitrogens is 24. The monoisotopic (exact) mass is 1980 g/mol. The van der Waals surface area contributed by atoms with Gasteiger partial charge in [0.2, 0.25) is 143 Å². The van der Waals surface area contributed by atoms with Gasteiger partial charge in [0.05, 0.1) is 0 Å². The number of hydrogen-bond acceptors (Lipinski definition) is 48. The third kappa shape index (κ3) is 40.5. The molecule has 8 aromatic carbocycles. The molecule has 0 aliphatic rings. The Morgan fingerprint density at radius 1 is 0.212 bits per heavy atom. The van der Waals surface area contributed by atoms with Crippen molar-refractivity contribution in [2.75, 3.05) is 253 Å². The topological polar surface area (TPSA) is 647 Å². The molecule has 16 rings (SSSR count). The van der Waals surface area contributed by atoms with Crippen molar-refractivity contribution in [3.8, 4) is 0 Å². The lowest BCUT2D eigenvalue weighted by molar-refractivity contribution is 0.764. The molecule has 16 aromatic rings. The van der Waals surface area contributed by atoms with Crippen molar-refractivity contribution in [1.82, 2.24) is 120 Å². The molecule has 0 radical (unpaired) electrons. The Labute approximate surface area is 850 Å². The van der Waals surface area contributed by atoms with Crippen LogP contribution in [-0.4, -0.2) is 244 Å². The summed E-state index contributed by atoms with van der Waals surface area (Å²) in [6.45, 7) is 4.61. The van der Waals surface area contributed by atoms with Gasteiger partial charge in [-0.1, -0.05) is 218 Å². The van der Waals surface area contributed by atoms with E-state index in [-0.39, 0.29) is 35.7 Å². The maximum atomic E-state index is 5.66. The van der Waals surface area contributed by atoms with Crippen LogP contribution in [0.15, 0.2) is 243 Å². The summed E-state index contributed by atoms with van der Waals surface area (Å²) in [6, 6.07) is 81.1. The Bertz CT molecular complexity index is 6340. The fourth-order valence-electron chi connectivity index (χ4n) is 12.7. The second kappa shape index (κ2) is 61.5. The van der Waals surface area contributed by atoms with Gasteiger partial charge >= 0.3 is 0 Å². The standard InChI is InChI=1S/C14H20N6.2C13H18N6.3C12H16N6.2C11H14N6/c1-16-13-17-12(15)18-14(19-13)20(2)10-6-9-11-7-4-3-5-8-11;1-15-12-16-11(14)17-13(18-12)19(2)9-8-10-6-4-3-5-7-10;1-15-12-17-11(14)18-13(19-12)16-9-5-8-10-6-3-2-4-7-10;1-14-11-15-10(13)16-12(17-11)18(2)8-9-6-4-3-5-7-9;1-13-10-16-11(14-2)18-12(17-10)15-8-9-6-4-3-5-7-9;1-14-11-16-10(13)17-12(18-11)15-8-7-9-5-3-2-4-6-9;1-13-10-14-9(12)15-11(16-10)17(2)8-6-4-3-5-7-8;1-12-9-15-10(13-2)17-11(16-9)14-8-6-4-3-5-7-8/h3-5,7-8H,6,9-10H2,1-2H3,(H3,15,16,17,18,19);3-7H,8-9H2,1-2H3,(H3,14,15,16,17,18);2-4,6-7H,5,8-9H2,1H3,(H4,14,15,16,17,18,19);3-7H,8H2,1-2H3,(H3,13,14,15,16,17);3-7H,8H2,1-2H3,(H3,13,14,15,16,17,18);2-6H,7-8H2,1H3,(H4,13,14,15,16,17,18);3-7H,1-2H3,(H3,12,13,14,15,16);3-7H,1-2H3,(H3,12,13,14,15,16,17). The zero-order valence-electron chi connectivity index (χ0n) is 84.6. The quantitative estimate of drug-likeness (QED) is 0.0160. The normalized spacial score (nSPS) is 10.1. The van der Waals surface area contributed by atoms with E-state index in [1.807, 2.05) is 206 Å². The summed E-state index contributed by atoms with van der Waals surface area (Å²) in [4.78, 5) is 107. The van der Waals surface area contributed by atoms with E-state index < -0.39 is 0 Å². The number of anilines is 26. The third-order valence-corrected chi connectivity index (χ3v) is 20.1. The van der Waals surface area contributed by atoms with Crippen molar-refractivity contribution in [1.29, 1.82) is 0 Å². The average Bonchev–Trinajstić information content (AvgIpc) is 0.838. The predicted octanol–water partition coefficient (Wildman–Crippen LogP) is 11.1. The SMILES string of the molecule is CNc1nc(N)nc(N(C)CCCc2ccccc2)n1.CNc1nc(N)nc(N(C)CCc2ccccc2)n1.CNc1nc(N)nc(N(C)Cc2ccccc2)n1.CNc1nc(N)nc(N(C)c2ccccc2)n1.CNc1nc(N)nc(NCCCc2ccccc2)n1.CNc1nc(N)nc(NCCc2ccccc2)n1.CNc1nc(NC)nc(NCc2ccccc2)n1.CNc1nc(NC)nc(Nc2ccccc2)n1. The van der Waals surface area contributed by atoms with Crippen LogP contribution >= 0.6 is 0 Å². The number of benzene rings is 8. The summed E-state index contributed by atoms with van der Waals surface area (Å²) in [5.74, 6) is 10.5.